The zero-order chi connectivity index (χ0) is 14.4. The van der Waals surface area contributed by atoms with E-state index in [4.69, 9.17) is 9.47 Å². The molecule has 1 heterocycles. The highest BCUT2D eigenvalue weighted by atomic mass is 16.5. The van der Waals surface area contributed by atoms with Gasteiger partial charge >= 0.3 is 5.69 Å². The van der Waals surface area contributed by atoms with E-state index in [0.29, 0.717) is 31.3 Å². The number of H-pyrrole nitrogens is 1. The first-order chi connectivity index (χ1) is 9.70. The molecule has 106 valence electrons. The fraction of sp³-hybridized carbons (Fsp3) is 0.286. The Hall–Kier alpha value is -2.50. The summed E-state index contributed by atoms with van der Waals surface area (Å²) in [5.74, 6) is 1.30. The fourth-order valence-corrected chi connectivity index (χ4v) is 1.72. The molecule has 1 aromatic carbocycles. The molecule has 0 amide bonds. The van der Waals surface area contributed by atoms with Gasteiger partial charge in [-0.05, 0) is 19.1 Å². The molecule has 0 aliphatic rings. The molecular weight excluding hydrogens is 260 g/mol. The molecule has 0 radical (unpaired) electrons. The molecule has 0 atom stereocenters. The van der Waals surface area contributed by atoms with Gasteiger partial charge < -0.3 is 9.47 Å². The molecule has 0 saturated carbocycles. The Balaban J connectivity index is 1.99. The summed E-state index contributed by atoms with van der Waals surface area (Å²) in [6, 6.07) is 8.65. The second-order valence-corrected chi connectivity index (χ2v) is 4.03. The number of nitrogens with zero attached hydrogens (tertiary/aromatic N) is 1. The first-order valence-corrected chi connectivity index (χ1v) is 6.35. The van der Waals surface area contributed by atoms with Crippen LogP contribution in [0.5, 0.6) is 11.5 Å². The Morgan fingerprint density at radius 2 is 1.80 bits per heavy atom. The molecule has 0 spiro atoms. The van der Waals surface area contributed by atoms with Crippen molar-refractivity contribution in [1.82, 2.24) is 9.55 Å². The molecule has 0 fully saturated rings. The highest BCUT2D eigenvalue weighted by Gasteiger charge is 2.03. The maximum atomic E-state index is 11.5. The molecule has 1 N–H and O–H groups in total. The Morgan fingerprint density at radius 3 is 2.45 bits per heavy atom. The molecule has 0 unspecified atom stereocenters. The van der Waals surface area contributed by atoms with E-state index in [0.717, 1.165) is 0 Å². The van der Waals surface area contributed by atoms with Gasteiger partial charge in [-0.2, -0.15) is 0 Å². The molecule has 0 bridgehead atoms. The third-order valence-electron chi connectivity index (χ3n) is 2.64. The number of aromatic amines is 1. The van der Waals surface area contributed by atoms with Crippen LogP contribution in [0.3, 0.4) is 0 Å². The number of rotatable bonds is 6. The van der Waals surface area contributed by atoms with Gasteiger partial charge in [-0.1, -0.05) is 12.1 Å². The van der Waals surface area contributed by atoms with E-state index >= 15 is 0 Å². The van der Waals surface area contributed by atoms with E-state index in [2.05, 4.69) is 4.98 Å². The standard InChI is InChI=1S/C14H16N2O4/c1-2-19-11-5-3-4-6-12(11)20-10-9-16-8-7-13(17)15-14(16)18/h3-8H,2,9-10H2,1H3,(H,15,17,18). The van der Waals surface area contributed by atoms with Crippen LogP contribution in [0.4, 0.5) is 0 Å². The van der Waals surface area contributed by atoms with Crippen LogP contribution in [0.1, 0.15) is 6.92 Å². The lowest BCUT2D eigenvalue weighted by molar-refractivity contribution is 0.265. The lowest BCUT2D eigenvalue weighted by Gasteiger charge is -2.11. The molecule has 2 rings (SSSR count). The Kier molecular flexibility index (Phi) is 4.60. The Bertz CT molecular complexity index is 675. The third-order valence-corrected chi connectivity index (χ3v) is 2.64. The van der Waals surface area contributed by atoms with Gasteiger partial charge in [0.25, 0.3) is 5.56 Å². The summed E-state index contributed by atoms with van der Waals surface area (Å²) >= 11 is 0. The molecule has 0 aliphatic carbocycles. The van der Waals surface area contributed by atoms with Crippen LogP contribution in [-0.2, 0) is 6.54 Å². The van der Waals surface area contributed by atoms with Crippen molar-refractivity contribution in [3.05, 3.63) is 57.4 Å². The summed E-state index contributed by atoms with van der Waals surface area (Å²) in [7, 11) is 0. The normalized spacial score (nSPS) is 10.2. The minimum atomic E-state index is -0.445. The number of ether oxygens (including phenoxy) is 2. The van der Waals surface area contributed by atoms with Crippen molar-refractivity contribution in [1.29, 1.82) is 0 Å². The van der Waals surface area contributed by atoms with Gasteiger partial charge in [0.2, 0.25) is 0 Å². The first kappa shape index (κ1) is 13.9. The molecule has 0 aliphatic heterocycles. The van der Waals surface area contributed by atoms with Crippen molar-refractivity contribution < 1.29 is 9.47 Å². The predicted molar refractivity (Wildman–Crippen MR) is 74.4 cm³/mol. The van der Waals surface area contributed by atoms with Gasteiger partial charge in [-0.3, -0.25) is 14.3 Å². The summed E-state index contributed by atoms with van der Waals surface area (Å²) in [5.41, 5.74) is -0.854. The van der Waals surface area contributed by atoms with E-state index in [1.807, 2.05) is 25.1 Å². The van der Waals surface area contributed by atoms with E-state index in [-0.39, 0.29) is 0 Å². The van der Waals surface area contributed by atoms with Crippen molar-refractivity contribution >= 4 is 0 Å². The number of hydrogen-bond acceptors (Lipinski definition) is 4. The van der Waals surface area contributed by atoms with Crippen molar-refractivity contribution in [2.75, 3.05) is 13.2 Å². The van der Waals surface area contributed by atoms with Gasteiger partial charge in [0.1, 0.15) is 6.61 Å². The van der Waals surface area contributed by atoms with Crippen LogP contribution < -0.4 is 20.7 Å². The minimum Gasteiger partial charge on any atom is -0.490 e. The molecule has 0 saturated heterocycles. The molecule has 20 heavy (non-hydrogen) atoms. The number of nitrogens with one attached hydrogen (secondary N) is 1. The maximum absolute atomic E-state index is 11.5. The smallest absolute Gasteiger partial charge is 0.328 e. The zero-order valence-electron chi connectivity index (χ0n) is 11.2. The zero-order valence-corrected chi connectivity index (χ0v) is 11.2. The summed E-state index contributed by atoms with van der Waals surface area (Å²) in [6.45, 7) is 3.10. The first-order valence-electron chi connectivity index (χ1n) is 6.35. The second-order valence-electron chi connectivity index (χ2n) is 4.03. The van der Waals surface area contributed by atoms with Gasteiger partial charge in [-0.25, -0.2) is 4.79 Å². The largest absolute Gasteiger partial charge is 0.490 e. The lowest BCUT2D eigenvalue weighted by atomic mass is 10.3. The third kappa shape index (κ3) is 3.50. The summed E-state index contributed by atoms with van der Waals surface area (Å²) in [5, 5.41) is 0. The highest BCUT2D eigenvalue weighted by Crippen LogP contribution is 2.26. The quantitative estimate of drug-likeness (QED) is 0.854. The predicted octanol–water partition coefficient (Wildman–Crippen LogP) is 1.01. The number of para-hydroxylation sites is 2. The summed E-state index contributed by atoms with van der Waals surface area (Å²) < 4.78 is 12.4. The fourth-order valence-electron chi connectivity index (χ4n) is 1.72. The van der Waals surface area contributed by atoms with Gasteiger partial charge in [0.05, 0.1) is 13.2 Å². The SMILES string of the molecule is CCOc1ccccc1OCCn1ccc(=O)[nH]c1=O. The van der Waals surface area contributed by atoms with Crippen molar-refractivity contribution in [2.45, 2.75) is 13.5 Å². The molecule has 6 heteroatoms. The highest BCUT2D eigenvalue weighted by molar-refractivity contribution is 5.39. The second kappa shape index (κ2) is 6.60. The van der Waals surface area contributed by atoms with Crippen LogP contribution in [0.15, 0.2) is 46.1 Å². The van der Waals surface area contributed by atoms with Crippen LogP contribution >= 0.6 is 0 Å². The average Bonchev–Trinajstić information content (AvgIpc) is 2.43. The van der Waals surface area contributed by atoms with E-state index in [1.54, 1.807) is 6.07 Å². The van der Waals surface area contributed by atoms with Crippen molar-refractivity contribution in [3.8, 4) is 11.5 Å². The van der Waals surface area contributed by atoms with Gasteiger partial charge in [0, 0.05) is 12.3 Å². The van der Waals surface area contributed by atoms with Crippen molar-refractivity contribution in [2.24, 2.45) is 0 Å². The van der Waals surface area contributed by atoms with Gasteiger partial charge in [-0.15, -0.1) is 0 Å². The topological polar surface area (TPSA) is 73.3 Å². The number of benzene rings is 1. The van der Waals surface area contributed by atoms with Crippen LogP contribution in [0, 0.1) is 0 Å². The lowest BCUT2D eigenvalue weighted by Crippen LogP contribution is -2.30. The molecule has 2 aromatic rings. The molecular formula is C14H16N2O4. The number of aromatic nitrogens is 2. The van der Waals surface area contributed by atoms with E-state index in [9.17, 15) is 9.59 Å². The van der Waals surface area contributed by atoms with Crippen LogP contribution in [0.2, 0.25) is 0 Å². The molecule has 6 nitrogen and oxygen atoms in total. The number of hydrogen-bond donors (Lipinski definition) is 1. The Labute approximate surface area is 115 Å². The van der Waals surface area contributed by atoms with Crippen LogP contribution in [0.25, 0.3) is 0 Å². The summed E-state index contributed by atoms with van der Waals surface area (Å²) in [6.07, 6.45) is 1.44. The van der Waals surface area contributed by atoms with E-state index in [1.165, 1.54) is 16.8 Å². The summed E-state index contributed by atoms with van der Waals surface area (Å²) in [4.78, 5) is 24.6. The monoisotopic (exact) mass is 276 g/mol. The average molecular weight is 276 g/mol. The minimum absolute atomic E-state index is 0.302. The maximum Gasteiger partial charge on any atom is 0.328 e. The van der Waals surface area contributed by atoms with E-state index < -0.39 is 11.2 Å². The Morgan fingerprint density at radius 1 is 1.10 bits per heavy atom. The van der Waals surface area contributed by atoms with Crippen molar-refractivity contribution in [3.63, 3.8) is 0 Å². The van der Waals surface area contributed by atoms with Crippen LogP contribution in [-0.4, -0.2) is 22.8 Å². The molecule has 1 aromatic heterocycles. The van der Waals surface area contributed by atoms with Gasteiger partial charge in [0.15, 0.2) is 11.5 Å².